The Morgan fingerprint density at radius 3 is 2.07 bits per heavy atom. The van der Waals surface area contributed by atoms with Gasteiger partial charge in [-0.15, -0.1) is 0 Å². The summed E-state index contributed by atoms with van der Waals surface area (Å²) in [6.07, 6.45) is 0. The molecule has 0 radical (unpaired) electrons. The van der Waals surface area contributed by atoms with Gasteiger partial charge in [0.1, 0.15) is 23.0 Å². The summed E-state index contributed by atoms with van der Waals surface area (Å²) in [7, 11) is 0. The summed E-state index contributed by atoms with van der Waals surface area (Å²) in [6, 6.07) is 30.8. The Morgan fingerprint density at radius 2 is 1.21 bits per heavy atom. The van der Waals surface area contributed by atoms with Gasteiger partial charge in [0.2, 0.25) is 0 Å². The number of hydrogen-bond donors (Lipinski definition) is 1. The monoisotopic (exact) mass is 361 g/mol. The third-order valence-corrected chi connectivity index (χ3v) is 5.37. The SMILES string of the molecule is c1ccc(Nc2ccc3c(c2)Oc2cccc4c2B3c2ccccc2O4)cc1. The van der Waals surface area contributed by atoms with Gasteiger partial charge < -0.3 is 14.8 Å². The molecule has 0 atom stereocenters. The van der Waals surface area contributed by atoms with Crippen molar-refractivity contribution in [3.8, 4) is 23.0 Å². The van der Waals surface area contributed by atoms with Crippen molar-refractivity contribution in [2.45, 2.75) is 0 Å². The maximum atomic E-state index is 6.30. The molecule has 0 saturated carbocycles. The maximum absolute atomic E-state index is 6.30. The minimum absolute atomic E-state index is 0.116. The molecular formula is C24H16BNO2. The Morgan fingerprint density at radius 1 is 0.536 bits per heavy atom. The standard InChI is InChI=1S/C24H16BNO2/c1-2-7-16(8-3-1)26-17-13-14-19-23(15-17)28-22-12-6-11-21-24(22)25(19)18-9-4-5-10-20(18)27-21/h1-15,26H. The fraction of sp³-hybridized carbons (Fsp3) is 0. The number of benzene rings is 4. The number of fused-ring (bicyclic) bond motifs is 4. The van der Waals surface area contributed by atoms with Crippen LogP contribution in [0.3, 0.4) is 0 Å². The molecule has 6 rings (SSSR count). The second-order valence-corrected chi connectivity index (χ2v) is 7.09. The van der Waals surface area contributed by atoms with Gasteiger partial charge in [0, 0.05) is 22.9 Å². The van der Waals surface area contributed by atoms with E-state index in [9.17, 15) is 0 Å². The van der Waals surface area contributed by atoms with Crippen LogP contribution in [-0.2, 0) is 0 Å². The van der Waals surface area contributed by atoms with Crippen LogP contribution in [0.15, 0.2) is 91.0 Å². The van der Waals surface area contributed by atoms with Crippen molar-refractivity contribution in [2.75, 3.05) is 5.32 Å². The van der Waals surface area contributed by atoms with Crippen molar-refractivity contribution in [1.29, 1.82) is 0 Å². The summed E-state index contributed by atoms with van der Waals surface area (Å²) in [5.41, 5.74) is 5.50. The first-order valence-corrected chi connectivity index (χ1v) is 9.40. The molecule has 0 spiro atoms. The van der Waals surface area contributed by atoms with Gasteiger partial charge >= 0.3 is 0 Å². The summed E-state index contributed by atoms with van der Waals surface area (Å²) in [5.74, 6) is 3.53. The zero-order valence-corrected chi connectivity index (χ0v) is 15.1. The Hall–Kier alpha value is -3.66. The molecule has 0 aromatic heterocycles. The second-order valence-electron chi connectivity index (χ2n) is 7.09. The van der Waals surface area contributed by atoms with Crippen molar-refractivity contribution < 1.29 is 9.47 Å². The normalized spacial score (nSPS) is 12.8. The van der Waals surface area contributed by atoms with E-state index in [4.69, 9.17) is 9.47 Å². The van der Waals surface area contributed by atoms with E-state index in [0.717, 1.165) is 45.3 Å². The van der Waals surface area contributed by atoms with E-state index in [-0.39, 0.29) is 6.71 Å². The van der Waals surface area contributed by atoms with Gasteiger partial charge in [0.05, 0.1) is 0 Å². The molecule has 3 nitrogen and oxygen atoms in total. The van der Waals surface area contributed by atoms with E-state index < -0.39 is 0 Å². The van der Waals surface area contributed by atoms with Crippen molar-refractivity contribution in [3.05, 3.63) is 91.0 Å². The van der Waals surface area contributed by atoms with E-state index in [2.05, 4.69) is 47.8 Å². The zero-order chi connectivity index (χ0) is 18.5. The van der Waals surface area contributed by atoms with Crippen LogP contribution in [0.1, 0.15) is 0 Å². The quantitative estimate of drug-likeness (QED) is 0.470. The molecule has 0 aliphatic carbocycles. The predicted octanol–water partition coefficient (Wildman–Crippen LogP) is 4.16. The molecule has 4 aromatic rings. The second kappa shape index (κ2) is 5.93. The minimum atomic E-state index is 0.116. The highest BCUT2D eigenvalue weighted by Gasteiger charge is 2.39. The first-order chi connectivity index (χ1) is 13.9. The average molecular weight is 361 g/mol. The molecule has 132 valence electrons. The lowest BCUT2D eigenvalue weighted by Gasteiger charge is -2.32. The van der Waals surface area contributed by atoms with Gasteiger partial charge in [0.25, 0.3) is 6.71 Å². The van der Waals surface area contributed by atoms with E-state index in [1.54, 1.807) is 0 Å². The topological polar surface area (TPSA) is 30.5 Å². The van der Waals surface area contributed by atoms with Crippen molar-refractivity contribution in [2.24, 2.45) is 0 Å². The van der Waals surface area contributed by atoms with Crippen LogP contribution in [0.4, 0.5) is 11.4 Å². The Labute approximate surface area is 163 Å². The van der Waals surface area contributed by atoms with Crippen LogP contribution >= 0.6 is 0 Å². The summed E-state index contributed by atoms with van der Waals surface area (Å²) in [6.45, 7) is 0.116. The van der Waals surface area contributed by atoms with E-state index in [1.807, 2.05) is 48.5 Å². The van der Waals surface area contributed by atoms with E-state index in [1.165, 1.54) is 5.46 Å². The molecule has 2 aliphatic rings. The highest BCUT2D eigenvalue weighted by Crippen LogP contribution is 2.35. The molecule has 0 bridgehead atoms. The number of ether oxygens (including phenoxy) is 2. The number of hydrogen-bond acceptors (Lipinski definition) is 3. The lowest BCUT2D eigenvalue weighted by Crippen LogP contribution is -2.57. The van der Waals surface area contributed by atoms with Crippen LogP contribution in [0.2, 0.25) is 0 Å². The Balaban J connectivity index is 1.49. The minimum Gasteiger partial charge on any atom is -0.458 e. The number of nitrogens with one attached hydrogen (secondary N) is 1. The molecule has 2 heterocycles. The fourth-order valence-corrected chi connectivity index (χ4v) is 4.14. The van der Waals surface area contributed by atoms with Crippen molar-refractivity contribution >= 4 is 34.5 Å². The molecule has 0 amide bonds. The largest absolute Gasteiger partial charge is 0.458 e. The predicted molar refractivity (Wildman–Crippen MR) is 114 cm³/mol. The molecule has 0 saturated heterocycles. The Bertz CT molecular complexity index is 1210. The lowest BCUT2D eigenvalue weighted by atomic mass is 9.35. The van der Waals surface area contributed by atoms with Crippen LogP contribution in [0.25, 0.3) is 0 Å². The van der Waals surface area contributed by atoms with Gasteiger partial charge in [-0.05, 0) is 47.3 Å². The summed E-state index contributed by atoms with van der Waals surface area (Å²) < 4.78 is 12.4. The van der Waals surface area contributed by atoms with Crippen molar-refractivity contribution in [1.82, 2.24) is 0 Å². The third kappa shape index (κ3) is 2.31. The van der Waals surface area contributed by atoms with Crippen LogP contribution in [0, 0.1) is 0 Å². The highest BCUT2D eigenvalue weighted by molar-refractivity contribution is 6.98. The molecule has 0 fully saturated rings. The first kappa shape index (κ1) is 15.4. The summed E-state index contributed by atoms with van der Waals surface area (Å²) >= 11 is 0. The number of anilines is 2. The summed E-state index contributed by atoms with van der Waals surface area (Å²) in [5, 5.41) is 3.45. The van der Waals surface area contributed by atoms with Crippen molar-refractivity contribution in [3.63, 3.8) is 0 Å². The van der Waals surface area contributed by atoms with Gasteiger partial charge in [-0.3, -0.25) is 0 Å². The maximum Gasteiger partial charge on any atom is 0.260 e. The smallest absolute Gasteiger partial charge is 0.260 e. The first-order valence-electron chi connectivity index (χ1n) is 9.40. The molecular weight excluding hydrogens is 345 g/mol. The molecule has 4 aromatic carbocycles. The summed E-state index contributed by atoms with van der Waals surface area (Å²) in [4.78, 5) is 0. The molecule has 28 heavy (non-hydrogen) atoms. The van der Waals surface area contributed by atoms with Gasteiger partial charge in [-0.2, -0.15) is 0 Å². The van der Waals surface area contributed by atoms with Crippen LogP contribution in [0.5, 0.6) is 23.0 Å². The molecule has 1 N–H and O–H groups in total. The van der Waals surface area contributed by atoms with E-state index in [0.29, 0.717) is 0 Å². The average Bonchev–Trinajstić information content (AvgIpc) is 2.74. The van der Waals surface area contributed by atoms with Crippen LogP contribution < -0.4 is 31.2 Å². The third-order valence-electron chi connectivity index (χ3n) is 5.37. The molecule has 4 heteroatoms. The number of para-hydroxylation sites is 2. The van der Waals surface area contributed by atoms with Gasteiger partial charge in [-0.25, -0.2) is 0 Å². The molecule has 2 aliphatic heterocycles. The number of rotatable bonds is 2. The van der Waals surface area contributed by atoms with Gasteiger partial charge in [-0.1, -0.05) is 48.5 Å². The van der Waals surface area contributed by atoms with Crippen LogP contribution in [-0.4, -0.2) is 6.71 Å². The molecule has 0 unspecified atom stereocenters. The fourth-order valence-electron chi connectivity index (χ4n) is 4.14. The lowest BCUT2D eigenvalue weighted by molar-refractivity contribution is 0.464. The van der Waals surface area contributed by atoms with Gasteiger partial charge in [0.15, 0.2) is 0 Å². The highest BCUT2D eigenvalue weighted by atomic mass is 16.5. The van der Waals surface area contributed by atoms with E-state index >= 15 is 0 Å². The Kier molecular flexibility index (Phi) is 3.26. The zero-order valence-electron chi connectivity index (χ0n) is 15.1.